The van der Waals surface area contributed by atoms with E-state index in [0.717, 1.165) is 38.8 Å². The van der Waals surface area contributed by atoms with Gasteiger partial charge in [0.25, 0.3) is 5.91 Å². The van der Waals surface area contributed by atoms with Crippen molar-refractivity contribution < 1.29 is 9.53 Å². The molecule has 0 atom stereocenters. The molecule has 0 bridgehead atoms. The molecule has 5 rings (SSSR count). The van der Waals surface area contributed by atoms with E-state index >= 15 is 0 Å². The summed E-state index contributed by atoms with van der Waals surface area (Å²) >= 11 is 1.72. The first kappa shape index (κ1) is 24.6. The van der Waals surface area contributed by atoms with Gasteiger partial charge in [-0.05, 0) is 53.9 Å². The fourth-order valence-corrected chi connectivity index (χ4v) is 5.09. The number of carbonyl (C=O) groups excluding carboxylic acids is 1. The van der Waals surface area contributed by atoms with Crippen LogP contribution in [-0.4, -0.2) is 27.6 Å². The van der Waals surface area contributed by atoms with Crippen LogP contribution in [0, 0.1) is 6.92 Å². The van der Waals surface area contributed by atoms with E-state index in [9.17, 15) is 4.79 Å². The Morgan fingerprint density at radius 2 is 1.76 bits per heavy atom. The molecule has 0 aliphatic carbocycles. The van der Waals surface area contributed by atoms with E-state index < -0.39 is 0 Å². The van der Waals surface area contributed by atoms with Crippen molar-refractivity contribution >= 4 is 28.7 Å². The Morgan fingerprint density at radius 3 is 2.51 bits per heavy atom. The summed E-state index contributed by atoms with van der Waals surface area (Å²) in [6.07, 6.45) is 3.63. The van der Waals surface area contributed by atoms with E-state index in [4.69, 9.17) is 9.72 Å². The Morgan fingerprint density at radius 1 is 0.973 bits per heavy atom. The van der Waals surface area contributed by atoms with Crippen LogP contribution in [0.3, 0.4) is 0 Å². The molecule has 0 aliphatic rings. The van der Waals surface area contributed by atoms with E-state index in [1.807, 2.05) is 60.8 Å². The molecule has 0 unspecified atom stereocenters. The van der Waals surface area contributed by atoms with Gasteiger partial charge in [-0.2, -0.15) is 0 Å². The highest BCUT2D eigenvalue weighted by molar-refractivity contribution is 7.98. The number of carbonyl (C=O) groups is 1. The zero-order valence-corrected chi connectivity index (χ0v) is 21.7. The second kappa shape index (κ2) is 11.3. The Bertz CT molecular complexity index is 1510. The average molecular weight is 509 g/mol. The number of methoxy groups -OCH3 is 1. The van der Waals surface area contributed by atoms with Gasteiger partial charge in [0.2, 0.25) is 0 Å². The zero-order chi connectivity index (χ0) is 25.6. The number of hydrogen-bond donors (Lipinski definition) is 1. The molecule has 186 valence electrons. The Hall–Kier alpha value is -4.10. The highest BCUT2D eigenvalue weighted by atomic mass is 32.2. The Labute approximate surface area is 220 Å². The van der Waals surface area contributed by atoms with Gasteiger partial charge in [0, 0.05) is 24.1 Å². The van der Waals surface area contributed by atoms with Crippen molar-refractivity contribution in [1.82, 2.24) is 19.9 Å². The van der Waals surface area contributed by atoms with Crippen LogP contribution < -0.4 is 10.1 Å². The summed E-state index contributed by atoms with van der Waals surface area (Å²) in [6, 6.07) is 25.9. The molecule has 1 N–H and O–H groups in total. The van der Waals surface area contributed by atoms with Crippen molar-refractivity contribution in [1.29, 1.82) is 0 Å². The molecular weight excluding hydrogens is 480 g/mol. The number of benzene rings is 3. The molecule has 6 nitrogen and oxygen atoms in total. The molecule has 7 heteroatoms. The van der Waals surface area contributed by atoms with Gasteiger partial charge in [0.1, 0.15) is 5.75 Å². The minimum Gasteiger partial charge on any atom is -0.497 e. The van der Waals surface area contributed by atoms with E-state index in [1.165, 1.54) is 11.1 Å². The third kappa shape index (κ3) is 6.01. The minimum atomic E-state index is -0.103. The lowest BCUT2D eigenvalue weighted by Gasteiger charge is -2.11. The van der Waals surface area contributed by atoms with Crippen LogP contribution >= 0.6 is 11.8 Å². The standard InChI is InChI=1S/C30H28N4O2S/c1-21-4-3-5-24(16-21)20-37-30-33-27-14-15-31-18-28(27)34(30)19-23-6-10-25(11-7-23)29(35)32-17-22-8-12-26(36-2)13-9-22/h3-16,18H,17,19-20H2,1-2H3,(H,32,35). The number of aromatic nitrogens is 3. The molecule has 0 radical (unpaired) electrons. The normalized spacial score (nSPS) is 11.0. The van der Waals surface area contributed by atoms with E-state index in [0.29, 0.717) is 18.7 Å². The SMILES string of the molecule is COc1ccc(CNC(=O)c2ccc(Cn3c(SCc4cccc(C)c4)nc4ccncc43)cc2)cc1. The number of imidazole rings is 1. The first-order chi connectivity index (χ1) is 18.1. The summed E-state index contributed by atoms with van der Waals surface area (Å²) < 4.78 is 7.38. The van der Waals surface area contributed by atoms with E-state index in [2.05, 4.69) is 46.1 Å². The summed E-state index contributed by atoms with van der Waals surface area (Å²) in [5.74, 6) is 1.53. The Balaban J connectivity index is 1.28. The summed E-state index contributed by atoms with van der Waals surface area (Å²) in [5.41, 5.74) is 7.18. The molecule has 0 aliphatic heterocycles. The lowest BCUT2D eigenvalue weighted by molar-refractivity contribution is 0.0951. The smallest absolute Gasteiger partial charge is 0.251 e. The molecule has 37 heavy (non-hydrogen) atoms. The van der Waals surface area contributed by atoms with Gasteiger partial charge in [-0.3, -0.25) is 9.78 Å². The molecule has 2 heterocycles. The highest BCUT2D eigenvalue weighted by Crippen LogP contribution is 2.27. The number of fused-ring (bicyclic) bond motifs is 1. The number of hydrogen-bond acceptors (Lipinski definition) is 5. The fourth-order valence-electron chi connectivity index (χ4n) is 4.13. The molecule has 0 saturated heterocycles. The molecule has 2 aromatic heterocycles. The number of thioether (sulfide) groups is 1. The summed E-state index contributed by atoms with van der Waals surface area (Å²) in [4.78, 5) is 21.9. The minimum absolute atomic E-state index is 0.103. The van der Waals surface area contributed by atoms with Gasteiger partial charge in [0.05, 0.1) is 30.9 Å². The predicted molar refractivity (Wildman–Crippen MR) is 148 cm³/mol. The maximum absolute atomic E-state index is 12.7. The summed E-state index contributed by atoms with van der Waals surface area (Å²) in [6.45, 7) is 3.21. The van der Waals surface area contributed by atoms with Crippen molar-refractivity contribution in [3.63, 3.8) is 0 Å². The van der Waals surface area contributed by atoms with Gasteiger partial charge < -0.3 is 14.6 Å². The lowest BCUT2D eigenvalue weighted by Crippen LogP contribution is -2.22. The van der Waals surface area contributed by atoms with Crippen molar-refractivity contribution in [3.05, 3.63) is 119 Å². The van der Waals surface area contributed by atoms with Gasteiger partial charge >= 0.3 is 0 Å². The van der Waals surface area contributed by atoms with Gasteiger partial charge in [0.15, 0.2) is 5.16 Å². The summed E-state index contributed by atoms with van der Waals surface area (Å²) in [5, 5.41) is 3.93. The van der Waals surface area contributed by atoms with Crippen LogP contribution in [0.1, 0.15) is 32.6 Å². The number of aryl methyl sites for hydroxylation is 1. The van der Waals surface area contributed by atoms with Crippen LogP contribution in [0.2, 0.25) is 0 Å². The number of nitrogens with zero attached hydrogens (tertiary/aromatic N) is 3. The van der Waals surface area contributed by atoms with Gasteiger partial charge in [-0.1, -0.05) is 65.9 Å². The third-order valence-electron chi connectivity index (χ3n) is 6.13. The molecule has 0 spiro atoms. The van der Waals surface area contributed by atoms with Gasteiger partial charge in [-0.15, -0.1) is 0 Å². The zero-order valence-electron chi connectivity index (χ0n) is 20.8. The van der Waals surface area contributed by atoms with Crippen molar-refractivity contribution in [2.45, 2.75) is 30.9 Å². The van der Waals surface area contributed by atoms with Crippen LogP contribution in [0.5, 0.6) is 5.75 Å². The van der Waals surface area contributed by atoms with Crippen molar-refractivity contribution in [2.75, 3.05) is 7.11 Å². The number of amides is 1. The van der Waals surface area contributed by atoms with Crippen LogP contribution in [0.15, 0.2) is 96.4 Å². The number of pyridine rings is 1. The number of ether oxygens (including phenoxy) is 1. The van der Waals surface area contributed by atoms with Gasteiger partial charge in [-0.25, -0.2) is 4.98 Å². The molecule has 3 aromatic carbocycles. The van der Waals surface area contributed by atoms with Crippen LogP contribution in [-0.2, 0) is 18.8 Å². The number of nitrogens with one attached hydrogen (secondary N) is 1. The molecule has 5 aromatic rings. The first-order valence-electron chi connectivity index (χ1n) is 12.1. The predicted octanol–water partition coefficient (Wildman–Crippen LogP) is 6.02. The second-order valence-corrected chi connectivity index (χ2v) is 9.79. The van der Waals surface area contributed by atoms with Crippen LogP contribution in [0.4, 0.5) is 0 Å². The third-order valence-corrected chi connectivity index (χ3v) is 7.18. The maximum Gasteiger partial charge on any atom is 0.251 e. The molecule has 0 saturated carbocycles. The summed E-state index contributed by atoms with van der Waals surface area (Å²) in [7, 11) is 1.64. The van der Waals surface area contributed by atoms with Crippen molar-refractivity contribution in [3.8, 4) is 5.75 Å². The monoisotopic (exact) mass is 508 g/mol. The molecule has 0 fully saturated rings. The van der Waals surface area contributed by atoms with E-state index in [-0.39, 0.29) is 5.91 Å². The topological polar surface area (TPSA) is 69.0 Å². The number of rotatable bonds is 9. The van der Waals surface area contributed by atoms with E-state index in [1.54, 1.807) is 25.1 Å². The second-order valence-electron chi connectivity index (χ2n) is 8.85. The highest BCUT2D eigenvalue weighted by Gasteiger charge is 2.13. The maximum atomic E-state index is 12.7. The molecular formula is C30H28N4O2S. The Kier molecular flexibility index (Phi) is 7.51. The van der Waals surface area contributed by atoms with Crippen LogP contribution in [0.25, 0.3) is 11.0 Å². The largest absolute Gasteiger partial charge is 0.497 e. The molecule has 1 amide bonds. The lowest BCUT2D eigenvalue weighted by atomic mass is 10.1. The first-order valence-corrected chi connectivity index (χ1v) is 13.1. The van der Waals surface area contributed by atoms with Crippen molar-refractivity contribution in [2.24, 2.45) is 0 Å². The fraction of sp³-hybridized carbons (Fsp3) is 0.167. The quantitative estimate of drug-likeness (QED) is 0.247. The average Bonchev–Trinajstić information content (AvgIpc) is 3.28.